The average Bonchev–Trinajstić information content (AvgIpc) is 2.45. The van der Waals surface area contributed by atoms with Crippen molar-refractivity contribution in [1.82, 2.24) is 4.98 Å². The summed E-state index contributed by atoms with van der Waals surface area (Å²) in [5.41, 5.74) is 0.986. The molecule has 1 aromatic carbocycles. The van der Waals surface area contributed by atoms with Gasteiger partial charge in [-0.2, -0.15) is 0 Å². The van der Waals surface area contributed by atoms with Crippen molar-refractivity contribution < 1.29 is 14.3 Å². The van der Waals surface area contributed by atoms with Crippen LogP contribution >= 0.6 is 11.6 Å². The molecule has 0 amide bonds. The fourth-order valence-corrected chi connectivity index (χ4v) is 1.48. The predicted molar refractivity (Wildman–Crippen MR) is 50.7 cm³/mol. The number of halogens is 1. The normalized spacial score (nSPS) is 10.7. The molecule has 4 nitrogen and oxygen atoms in total. The van der Waals surface area contributed by atoms with Gasteiger partial charge in [-0.25, -0.2) is 9.78 Å². The molecule has 0 fully saturated rings. The van der Waals surface area contributed by atoms with Gasteiger partial charge in [0, 0.05) is 6.92 Å². The Hall–Kier alpha value is -1.55. The van der Waals surface area contributed by atoms with Gasteiger partial charge in [-0.15, -0.1) is 0 Å². The molecule has 72 valence electrons. The van der Waals surface area contributed by atoms with Crippen LogP contribution in [-0.2, 0) is 0 Å². The predicted octanol–water partition coefficient (Wildman–Crippen LogP) is 2.49. The molecule has 0 unspecified atom stereocenters. The number of aryl methyl sites for hydroxylation is 1. The number of hydrogen-bond donors (Lipinski definition) is 1. The van der Waals surface area contributed by atoms with Crippen LogP contribution in [0, 0.1) is 6.92 Å². The lowest BCUT2D eigenvalue weighted by Crippen LogP contribution is -1.95. The topological polar surface area (TPSA) is 63.3 Å². The third-order valence-corrected chi connectivity index (χ3v) is 2.09. The van der Waals surface area contributed by atoms with Gasteiger partial charge in [0.05, 0.1) is 10.6 Å². The Morgan fingerprint density at radius 3 is 2.93 bits per heavy atom. The molecule has 0 saturated heterocycles. The molecule has 0 aliphatic rings. The molecule has 0 aliphatic heterocycles. The van der Waals surface area contributed by atoms with E-state index < -0.39 is 5.97 Å². The van der Waals surface area contributed by atoms with Crippen molar-refractivity contribution in [2.24, 2.45) is 0 Å². The first-order chi connectivity index (χ1) is 6.58. The van der Waals surface area contributed by atoms with Gasteiger partial charge in [0.1, 0.15) is 5.52 Å². The van der Waals surface area contributed by atoms with E-state index in [1.165, 1.54) is 12.1 Å². The molecule has 0 bridgehead atoms. The van der Waals surface area contributed by atoms with Crippen molar-refractivity contribution in [2.75, 3.05) is 0 Å². The summed E-state index contributed by atoms with van der Waals surface area (Å²) in [6.45, 7) is 1.68. The zero-order valence-electron chi connectivity index (χ0n) is 7.24. The second-order valence-corrected chi connectivity index (χ2v) is 3.25. The fourth-order valence-electron chi connectivity index (χ4n) is 1.22. The van der Waals surface area contributed by atoms with E-state index in [2.05, 4.69) is 4.98 Å². The fraction of sp³-hybridized carbons (Fsp3) is 0.111. The van der Waals surface area contributed by atoms with Crippen LogP contribution in [-0.4, -0.2) is 16.1 Å². The first-order valence-electron chi connectivity index (χ1n) is 3.88. The number of rotatable bonds is 1. The standard InChI is InChI=1S/C9H6ClNO3/c1-4-11-8-6(10)2-5(9(12)13)3-7(8)14-4/h2-3H,1H3,(H,12,13). The van der Waals surface area contributed by atoms with E-state index >= 15 is 0 Å². The Morgan fingerprint density at radius 2 is 2.29 bits per heavy atom. The SMILES string of the molecule is Cc1nc2c(Cl)cc(C(=O)O)cc2o1. The number of carboxylic acid groups (broad SMARTS) is 1. The van der Waals surface area contributed by atoms with Crippen LogP contribution in [0.2, 0.25) is 5.02 Å². The highest BCUT2D eigenvalue weighted by atomic mass is 35.5. The monoisotopic (exact) mass is 211 g/mol. The van der Waals surface area contributed by atoms with E-state index in [-0.39, 0.29) is 10.6 Å². The van der Waals surface area contributed by atoms with Crippen molar-refractivity contribution in [3.63, 3.8) is 0 Å². The maximum Gasteiger partial charge on any atom is 0.335 e. The first-order valence-corrected chi connectivity index (χ1v) is 4.25. The maximum atomic E-state index is 10.7. The first kappa shape index (κ1) is 9.02. The summed E-state index contributed by atoms with van der Waals surface area (Å²) < 4.78 is 5.18. The van der Waals surface area contributed by atoms with Gasteiger partial charge in [0.2, 0.25) is 0 Å². The molecule has 0 radical (unpaired) electrons. The number of aromatic carboxylic acids is 1. The summed E-state index contributed by atoms with van der Waals surface area (Å²) >= 11 is 5.83. The lowest BCUT2D eigenvalue weighted by Gasteiger charge is -1.95. The number of oxazole rings is 1. The zero-order valence-corrected chi connectivity index (χ0v) is 8.00. The van der Waals surface area contributed by atoms with Crippen LogP contribution in [0.1, 0.15) is 16.2 Å². The third kappa shape index (κ3) is 1.33. The Kier molecular flexibility index (Phi) is 1.93. The third-order valence-electron chi connectivity index (χ3n) is 1.80. The molecule has 5 heteroatoms. The van der Waals surface area contributed by atoms with Crippen LogP contribution in [0.25, 0.3) is 11.1 Å². The number of nitrogens with zero attached hydrogens (tertiary/aromatic N) is 1. The van der Waals surface area contributed by atoms with Gasteiger partial charge in [-0.1, -0.05) is 11.6 Å². The molecule has 2 aromatic rings. The molecule has 1 heterocycles. The second-order valence-electron chi connectivity index (χ2n) is 2.84. The molecule has 14 heavy (non-hydrogen) atoms. The molecular weight excluding hydrogens is 206 g/mol. The lowest BCUT2D eigenvalue weighted by molar-refractivity contribution is 0.0697. The quantitative estimate of drug-likeness (QED) is 0.787. The van der Waals surface area contributed by atoms with Crippen LogP contribution in [0.15, 0.2) is 16.5 Å². The van der Waals surface area contributed by atoms with E-state index in [1.54, 1.807) is 6.92 Å². The van der Waals surface area contributed by atoms with E-state index in [9.17, 15) is 4.79 Å². The highest BCUT2D eigenvalue weighted by Crippen LogP contribution is 2.25. The van der Waals surface area contributed by atoms with Crippen LogP contribution in [0.3, 0.4) is 0 Å². The molecule has 0 aliphatic carbocycles. The van der Waals surface area contributed by atoms with E-state index in [4.69, 9.17) is 21.1 Å². The molecule has 1 N–H and O–H groups in total. The minimum atomic E-state index is -1.04. The summed E-state index contributed by atoms with van der Waals surface area (Å²) in [4.78, 5) is 14.7. The summed E-state index contributed by atoms with van der Waals surface area (Å²) in [5, 5.41) is 9.04. The number of hydrogen-bond acceptors (Lipinski definition) is 3. The lowest BCUT2D eigenvalue weighted by atomic mass is 10.2. The van der Waals surface area contributed by atoms with E-state index in [0.717, 1.165) is 0 Å². The van der Waals surface area contributed by atoms with Gasteiger partial charge in [0.15, 0.2) is 11.5 Å². The number of benzene rings is 1. The zero-order chi connectivity index (χ0) is 10.3. The van der Waals surface area contributed by atoms with Gasteiger partial charge >= 0.3 is 5.97 Å². The minimum absolute atomic E-state index is 0.0960. The van der Waals surface area contributed by atoms with Crippen molar-refractivity contribution in [3.8, 4) is 0 Å². The Morgan fingerprint density at radius 1 is 1.57 bits per heavy atom. The van der Waals surface area contributed by atoms with Gasteiger partial charge in [-0.05, 0) is 12.1 Å². The van der Waals surface area contributed by atoms with E-state index in [0.29, 0.717) is 17.0 Å². The van der Waals surface area contributed by atoms with Crippen LogP contribution < -0.4 is 0 Å². The highest BCUT2D eigenvalue weighted by Gasteiger charge is 2.11. The summed E-state index contributed by atoms with van der Waals surface area (Å²) in [6.07, 6.45) is 0. The molecule has 0 saturated carbocycles. The number of fused-ring (bicyclic) bond motifs is 1. The number of carbonyl (C=O) groups is 1. The van der Waals surface area contributed by atoms with Crippen molar-refractivity contribution in [2.45, 2.75) is 6.92 Å². The number of carboxylic acids is 1. The number of aromatic nitrogens is 1. The average molecular weight is 212 g/mol. The summed E-state index contributed by atoms with van der Waals surface area (Å²) in [5.74, 6) is -0.577. The molecular formula is C9H6ClNO3. The van der Waals surface area contributed by atoms with Gasteiger partial charge in [-0.3, -0.25) is 0 Å². The van der Waals surface area contributed by atoms with Crippen LogP contribution in [0.5, 0.6) is 0 Å². The van der Waals surface area contributed by atoms with Gasteiger partial charge in [0.25, 0.3) is 0 Å². The summed E-state index contributed by atoms with van der Waals surface area (Å²) in [6, 6.07) is 2.76. The van der Waals surface area contributed by atoms with Crippen molar-refractivity contribution in [1.29, 1.82) is 0 Å². The van der Waals surface area contributed by atoms with Crippen molar-refractivity contribution >= 4 is 28.7 Å². The largest absolute Gasteiger partial charge is 0.478 e. The second kappa shape index (κ2) is 2.99. The molecule has 0 atom stereocenters. The highest BCUT2D eigenvalue weighted by molar-refractivity contribution is 6.35. The van der Waals surface area contributed by atoms with Gasteiger partial charge < -0.3 is 9.52 Å². The Balaban J connectivity index is 2.77. The molecule has 0 spiro atoms. The summed E-state index contributed by atoms with van der Waals surface area (Å²) in [7, 11) is 0. The van der Waals surface area contributed by atoms with Crippen LogP contribution in [0.4, 0.5) is 0 Å². The Labute approximate surface area is 84.1 Å². The minimum Gasteiger partial charge on any atom is -0.478 e. The molecule has 1 aromatic heterocycles. The Bertz CT molecular complexity index is 518. The smallest absolute Gasteiger partial charge is 0.335 e. The van der Waals surface area contributed by atoms with Crippen molar-refractivity contribution in [3.05, 3.63) is 28.6 Å². The molecule has 2 rings (SSSR count). The van der Waals surface area contributed by atoms with E-state index in [1.807, 2.05) is 0 Å². The maximum absolute atomic E-state index is 10.7.